The Balaban J connectivity index is 0.000000250. The minimum Gasteiger partial charge on any atom is -0.338 e. The number of likely N-dealkylation sites (N-methyl/N-ethyl adjacent to an activating group) is 1. The van der Waals surface area contributed by atoms with Gasteiger partial charge in [-0.2, -0.15) is 0 Å². The predicted octanol–water partition coefficient (Wildman–Crippen LogP) is 4.05. The minimum absolute atomic E-state index is 0.241. The van der Waals surface area contributed by atoms with Crippen molar-refractivity contribution in [2.45, 2.75) is 40.3 Å². The van der Waals surface area contributed by atoms with Gasteiger partial charge in [-0.15, -0.1) is 0 Å². The first kappa shape index (κ1) is 31.6. The number of aromatic nitrogens is 2. The largest absolute Gasteiger partial charge is 0.338 e. The van der Waals surface area contributed by atoms with Crippen LogP contribution in [-0.2, 0) is 11.3 Å². The molecule has 1 saturated heterocycles. The Hall–Kier alpha value is -3.66. The first-order valence-electron chi connectivity index (χ1n) is 13.1. The average Bonchev–Trinajstić information content (AvgIpc) is 2.94. The van der Waals surface area contributed by atoms with Gasteiger partial charge < -0.3 is 14.6 Å². The summed E-state index contributed by atoms with van der Waals surface area (Å²) in [6.45, 7) is 12.7. The number of piperazine rings is 1. The van der Waals surface area contributed by atoms with Crippen molar-refractivity contribution in [1.82, 2.24) is 25.2 Å². The van der Waals surface area contributed by atoms with Gasteiger partial charge in [0.2, 0.25) is 5.95 Å². The number of carbonyl (C=O) groups is 2. The van der Waals surface area contributed by atoms with Crippen LogP contribution < -0.4 is 10.4 Å². The quantitative estimate of drug-likeness (QED) is 0.277. The van der Waals surface area contributed by atoms with Crippen LogP contribution in [0.4, 0.5) is 5.95 Å². The summed E-state index contributed by atoms with van der Waals surface area (Å²) in [6, 6.07) is 18.1. The molecule has 0 bridgehead atoms. The maximum Gasteiger partial charge on any atom is 0.277 e. The summed E-state index contributed by atoms with van der Waals surface area (Å²) in [5.74, 6) is 0.0162. The summed E-state index contributed by atoms with van der Waals surface area (Å²) in [7, 11) is 4.25. The molecule has 3 aromatic rings. The van der Waals surface area contributed by atoms with Crippen molar-refractivity contribution in [3.8, 4) is 11.1 Å². The van der Waals surface area contributed by atoms with Crippen molar-refractivity contribution in [3.05, 3.63) is 77.6 Å². The number of anilines is 1. The highest BCUT2D eigenvalue weighted by molar-refractivity contribution is 5.92. The molecule has 0 saturated carbocycles. The van der Waals surface area contributed by atoms with Gasteiger partial charge in [-0.1, -0.05) is 48.0 Å². The number of carbonyl (C=O) groups excluding carboxylic acids is 2. The highest BCUT2D eigenvalue weighted by Gasteiger charge is 2.16. The number of amides is 1. The molecule has 9 nitrogen and oxygen atoms in total. The Morgan fingerprint density at radius 1 is 1.05 bits per heavy atom. The molecule has 0 aliphatic carbocycles. The summed E-state index contributed by atoms with van der Waals surface area (Å²) in [5, 5.41) is 8.46. The van der Waals surface area contributed by atoms with Crippen molar-refractivity contribution in [1.29, 1.82) is 0 Å². The molecule has 1 aromatic heterocycles. The molecule has 2 N–H and O–H groups in total. The number of nitrogens with zero attached hydrogens (tertiary/aromatic N) is 5. The van der Waals surface area contributed by atoms with E-state index >= 15 is 0 Å². The Kier molecular flexibility index (Phi) is 13.2. The molecule has 210 valence electrons. The summed E-state index contributed by atoms with van der Waals surface area (Å²) in [5.41, 5.74) is 7.05. The molecule has 0 radical (unpaired) electrons. The molecule has 2 heterocycles. The second-order valence-electron chi connectivity index (χ2n) is 9.81. The van der Waals surface area contributed by atoms with E-state index < -0.39 is 5.91 Å². The number of hydrogen-bond donors (Lipinski definition) is 2. The molecule has 39 heavy (non-hydrogen) atoms. The van der Waals surface area contributed by atoms with Crippen molar-refractivity contribution in [3.63, 3.8) is 0 Å². The molecule has 1 fully saturated rings. The molecule has 4 rings (SSSR count). The number of hydrogen-bond acceptors (Lipinski definition) is 8. The van der Waals surface area contributed by atoms with Crippen LogP contribution in [0.25, 0.3) is 11.1 Å². The first-order valence-corrected chi connectivity index (χ1v) is 13.1. The highest BCUT2D eigenvalue weighted by atomic mass is 16.5. The van der Waals surface area contributed by atoms with E-state index in [9.17, 15) is 4.79 Å². The van der Waals surface area contributed by atoms with E-state index in [0.717, 1.165) is 39.0 Å². The number of hydroxylamine groups is 1. The highest BCUT2D eigenvalue weighted by Crippen LogP contribution is 2.21. The third-order valence-electron chi connectivity index (χ3n) is 6.41. The van der Waals surface area contributed by atoms with Crippen molar-refractivity contribution in [2.24, 2.45) is 0 Å². The fourth-order valence-corrected chi connectivity index (χ4v) is 3.74. The predicted molar refractivity (Wildman–Crippen MR) is 156 cm³/mol. The lowest BCUT2D eigenvalue weighted by atomic mass is 10.0. The molecule has 1 aliphatic rings. The summed E-state index contributed by atoms with van der Waals surface area (Å²) < 4.78 is 0. The van der Waals surface area contributed by atoms with Gasteiger partial charge in [0.1, 0.15) is 6.29 Å². The van der Waals surface area contributed by atoms with Crippen LogP contribution in [0.5, 0.6) is 0 Å². The monoisotopic (exact) mass is 534 g/mol. The lowest BCUT2D eigenvalue weighted by molar-refractivity contribution is -0.106. The summed E-state index contributed by atoms with van der Waals surface area (Å²) in [4.78, 5) is 34.8. The SMILES string of the molecule is CC=O.CN1CCN(c2ncc(C(=O)NO)cn2)CC1.Cc1ccc(-c2cccc(CN(C)C(C)C)c2)cc1. The molecule has 0 atom stereocenters. The molecule has 1 amide bonds. The second-order valence-corrected chi connectivity index (χ2v) is 9.81. The lowest BCUT2D eigenvalue weighted by Crippen LogP contribution is -2.45. The van der Waals surface area contributed by atoms with E-state index in [0.29, 0.717) is 12.0 Å². The van der Waals surface area contributed by atoms with Gasteiger partial charge >= 0.3 is 0 Å². The van der Waals surface area contributed by atoms with E-state index in [1.54, 1.807) is 5.48 Å². The zero-order chi connectivity index (χ0) is 28.8. The van der Waals surface area contributed by atoms with Crippen LogP contribution in [0.15, 0.2) is 60.9 Å². The molecule has 0 spiro atoms. The standard InChI is InChI=1S/C18H23N.C10H15N5O2.C2H4O/c1-14(2)19(4)13-16-6-5-7-18(12-16)17-10-8-15(3)9-11-17;1-14-2-4-15(5-3-14)10-11-6-8(7-12-10)9(16)13-17;1-2-3/h5-12,14H,13H2,1-4H3;6-7,17H,2-5H2,1H3,(H,13,16);2H,1H3. The molecular formula is C30H42N6O3. The van der Waals surface area contributed by atoms with Crippen LogP contribution in [-0.4, -0.2) is 83.5 Å². The Morgan fingerprint density at radius 3 is 2.18 bits per heavy atom. The van der Waals surface area contributed by atoms with Crippen LogP contribution in [0, 0.1) is 6.92 Å². The Bertz CT molecular complexity index is 1140. The van der Waals surface area contributed by atoms with E-state index in [2.05, 4.69) is 108 Å². The number of benzene rings is 2. The van der Waals surface area contributed by atoms with Crippen LogP contribution in [0.3, 0.4) is 0 Å². The fourth-order valence-electron chi connectivity index (χ4n) is 3.74. The van der Waals surface area contributed by atoms with Gasteiger partial charge in [0, 0.05) is 51.2 Å². The van der Waals surface area contributed by atoms with Crippen LogP contribution in [0.1, 0.15) is 42.3 Å². The zero-order valence-electron chi connectivity index (χ0n) is 24.0. The fraction of sp³-hybridized carbons (Fsp3) is 0.400. The maximum absolute atomic E-state index is 11.1. The first-order chi connectivity index (χ1) is 18.7. The molecule has 0 unspecified atom stereocenters. The normalized spacial score (nSPS) is 13.2. The third-order valence-corrected chi connectivity index (χ3v) is 6.41. The Labute approximate surface area is 232 Å². The van der Waals surface area contributed by atoms with Crippen LogP contribution >= 0.6 is 0 Å². The zero-order valence-corrected chi connectivity index (χ0v) is 24.0. The molecule has 9 heteroatoms. The summed E-state index contributed by atoms with van der Waals surface area (Å²) >= 11 is 0. The number of nitrogens with one attached hydrogen (secondary N) is 1. The van der Waals surface area contributed by atoms with E-state index in [-0.39, 0.29) is 5.56 Å². The van der Waals surface area contributed by atoms with Gasteiger partial charge in [-0.3, -0.25) is 14.9 Å². The second kappa shape index (κ2) is 16.3. The topological polar surface area (TPSA) is 102 Å². The third kappa shape index (κ3) is 10.6. The maximum atomic E-state index is 11.1. The molecule has 2 aromatic carbocycles. The summed E-state index contributed by atoms with van der Waals surface area (Å²) in [6.07, 6.45) is 3.57. The van der Waals surface area contributed by atoms with Crippen molar-refractivity contribution in [2.75, 3.05) is 45.2 Å². The number of rotatable bonds is 6. The van der Waals surface area contributed by atoms with Crippen molar-refractivity contribution < 1.29 is 14.8 Å². The van der Waals surface area contributed by atoms with E-state index in [1.807, 2.05) is 0 Å². The molecule has 1 aliphatic heterocycles. The van der Waals surface area contributed by atoms with E-state index in [1.165, 1.54) is 41.6 Å². The van der Waals surface area contributed by atoms with Crippen molar-refractivity contribution >= 4 is 18.1 Å². The van der Waals surface area contributed by atoms with Gasteiger partial charge in [0.25, 0.3) is 5.91 Å². The number of aryl methyl sites for hydroxylation is 1. The minimum atomic E-state index is -0.602. The van der Waals surface area contributed by atoms with Crippen LogP contribution in [0.2, 0.25) is 0 Å². The molecular weight excluding hydrogens is 492 g/mol. The van der Waals surface area contributed by atoms with Gasteiger partial charge in [0.05, 0.1) is 5.56 Å². The van der Waals surface area contributed by atoms with Gasteiger partial charge in [-0.05, 0) is 64.5 Å². The smallest absolute Gasteiger partial charge is 0.277 e. The Morgan fingerprint density at radius 2 is 1.64 bits per heavy atom. The average molecular weight is 535 g/mol. The van der Waals surface area contributed by atoms with Gasteiger partial charge in [-0.25, -0.2) is 15.4 Å². The lowest BCUT2D eigenvalue weighted by Gasteiger charge is -2.32. The number of aldehydes is 1. The van der Waals surface area contributed by atoms with E-state index in [4.69, 9.17) is 10.0 Å². The van der Waals surface area contributed by atoms with Gasteiger partial charge in [0.15, 0.2) is 0 Å².